The normalized spacial score (nSPS) is 19.6. The summed E-state index contributed by atoms with van der Waals surface area (Å²) in [5.41, 5.74) is 3.06. The fourth-order valence-corrected chi connectivity index (χ4v) is 2.92. The average Bonchev–Trinajstić information content (AvgIpc) is 3.07. The highest BCUT2D eigenvalue weighted by Crippen LogP contribution is 2.40. The Hall–Kier alpha value is -1.06. The van der Waals surface area contributed by atoms with Crippen molar-refractivity contribution in [3.8, 4) is 0 Å². The molecular formula is C14H17ClN2O. The Morgan fingerprint density at radius 1 is 1.50 bits per heavy atom. The number of fused-ring (bicyclic) bond motifs is 1. The molecule has 0 saturated heterocycles. The molecule has 3 rings (SSSR count). The van der Waals surface area contributed by atoms with Crippen LogP contribution in [0.2, 0.25) is 5.02 Å². The van der Waals surface area contributed by atoms with Crippen molar-refractivity contribution in [1.29, 1.82) is 0 Å². The molecule has 1 atom stereocenters. The minimum atomic E-state index is 0.0569. The van der Waals surface area contributed by atoms with E-state index in [1.807, 2.05) is 13.1 Å². The van der Waals surface area contributed by atoms with Crippen LogP contribution in [0.4, 0.5) is 5.69 Å². The first-order valence-corrected chi connectivity index (χ1v) is 6.84. The fourth-order valence-electron chi connectivity index (χ4n) is 2.62. The van der Waals surface area contributed by atoms with Crippen molar-refractivity contribution >= 4 is 23.2 Å². The second kappa shape index (κ2) is 4.56. The summed E-state index contributed by atoms with van der Waals surface area (Å²) in [4.78, 5) is 11.4. The van der Waals surface area contributed by atoms with Crippen LogP contribution in [0.1, 0.15) is 36.4 Å². The summed E-state index contributed by atoms with van der Waals surface area (Å²) < 4.78 is 0. The van der Waals surface area contributed by atoms with E-state index in [4.69, 9.17) is 11.6 Å². The number of rotatable bonds is 4. The summed E-state index contributed by atoms with van der Waals surface area (Å²) in [6, 6.07) is 4.26. The number of amides is 1. The highest BCUT2D eigenvalue weighted by atomic mass is 35.5. The quantitative estimate of drug-likeness (QED) is 0.878. The van der Waals surface area contributed by atoms with E-state index in [0.29, 0.717) is 12.5 Å². The van der Waals surface area contributed by atoms with Crippen LogP contribution in [0.15, 0.2) is 12.1 Å². The zero-order valence-corrected chi connectivity index (χ0v) is 11.2. The minimum Gasteiger partial charge on any atom is -0.325 e. The number of anilines is 1. The molecule has 1 fully saturated rings. The summed E-state index contributed by atoms with van der Waals surface area (Å²) in [5.74, 6) is 0.896. The van der Waals surface area contributed by atoms with E-state index in [-0.39, 0.29) is 5.91 Å². The molecule has 2 aliphatic rings. The van der Waals surface area contributed by atoms with Crippen molar-refractivity contribution < 1.29 is 4.79 Å². The Balaban J connectivity index is 1.90. The molecule has 1 aliphatic carbocycles. The average molecular weight is 265 g/mol. The monoisotopic (exact) mass is 264 g/mol. The minimum absolute atomic E-state index is 0.0569. The van der Waals surface area contributed by atoms with E-state index < -0.39 is 0 Å². The number of hydrogen-bond acceptors (Lipinski definition) is 2. The van der Waals surface area contributed by atoms with Crippen LogP contribution in [-0.2, 0) is 11.2 Å². The van der Waals surface area contributed by atoms with E-state index in [1.54, 1.807) is 0 Å². The molecule has 2 N–H and O–H groups in total. The number of hydrogen-bond donors (Lipinski definition) is 2. The zero-order valence-electron chi connectivity index (χ0n) is 10.4. The second-order valence-electron chi connectivity index (χ2n) is 5.28. The first-order valence-electron chi connectivity index (χ1n) is 6.47. The molecular weight excluding hydrogens is 248 g/mol. The van der Waals surface area contributed by atoms with Gasteiger partial charge in [-0.3, -0.25) is 4.79 Å². The summed E-state index contributed by atoms with van der Waals surface area (Å²) in [6.45, 7) is 0. The van der Waals surface area contributed by atoms with E-state index in [2.05, 4.69) is 16.7 Å². The summed E-state index contributed by atoms with van der Waals surface area (Å²) in [5, 5.41) is 6.92. The molecule has 0 aromatic heterocycles. The molecule has 4 heteroatoms. The van der Waals surface area contributed by atoms with Gasteiger partial charge in [-0.1, -0.05) is 30.5 Å². The van der Waals surface area contributed by atoms with Gasteiger partial charge in [0.2, 0.25) is 5.91 Å². The molecule has 1 heterocycles. The molecule has 0 spiro atoms. The molecule has 18 heavy (non-hydrogen) atoms. The van der Waals surface area contributed by atoms with Gasteiger partial charge in [-0.05, 0) is 36.6 Å². The Morgan fingerprint density at radius 2 is 2.28 bits per heavy atom. The lowest BCUT2D eigenvalue weighted by Gasteiger charge is -2.19. The third kappa shape index (κ3) is 2.25. The fraction of sp³-hybridized carbons (Fsp3) is 0.500. The molecule has 0 bridgehead atoms. The zero-order chi connectivity index (χ0) is 12.7. The maximum absolute atomic E-state index is 11.4. The Kier molecular flexibility index (Phi) is 3.04. The number of benzene rings is 1. The molecule has 3 nitrogen and oxygen atoms in total. The maximum atomic E-state index is 11.4. The molecule has 1 unspecified atom stereocenters. The topological polar surface area (TPSA) is 41.1 Å². The molecule has 1 aromatic carbocycles. The van der Waals surface area contributed by atoms with E-state index >= 15 is 0 Å². The second-order valence-corrected chi connectivity index (χ2v) is 5.68. The van der Waals surface area contributed by atoms with Crippen LogP contribution >= 0.6 is 11.6 Å². The smallest absolute Gasteiger partial charge is 0.228 e. The van der Waals surface area contributed by atoms with Crippen LogP contribution < -0.4 is 10.6 Å². The van der Waals surface area contributed by atoms with Crippen LogP contribution in [0.25, 0.3) is 0 Å². The van der Waals surface area contributed by atoms with Crippen molar-refractivity contribution in [3.63, 3.8) is 0 Å². The van der Waals surface area contributed by atoms with Gasteiger partial charge in [0, 0.05) is 16.8 Å². The van der Waals surface area contributed by atoms with Crippen molar-refractivity contribution in [1.82, 2.24) is 5.32 Å². The molecule has 96 valence electrons. The Bertz CT molecular complexity index is 497. The SMILES string of the molecule is CNC(CC1CC1)c1cc2c(cc1Cl)NC(=O)C2. The van der Waals surface area contributed by atoms with E-state index in [9.17, 15) is 4.79 Å². The summed E-state index contributed by atoms with van der Waals surface area (Å²) in [6.07, 6.45) is 4.28. The number of carbonyl (C=O) groups is 1. The van der Waals surface area contributed by atoms with Crippen LogP contribution in [0, 0.1) is 5.92 Å². The standard InChI is InChI=1S/C14H17ClN2O/c1-16-13(4-8-2-3-8)10-5-9-6-14(18)17-12(9)7-11(10)15/h5,7-8,13,16H,2-4,6H2,1H3,(H,17,18). The maximum Gasteiger partial charge on any atom is 0.228 e. The third-order valence-corrected chi connectivity index (χ3v) is 4.16. The van der Waals surface area contributed by atoms with Gasteiger partial charge in [0.1, 0.15) is 0 Å². The molecule has 1 saturated carbocycles. The lowest BCUT2D eigenvalue weighted by Crippen LogP contribution is -2.17. The van der Waals surface area contributed by atoms with Crippen molar-refractivity contribution in [2.45, 2.75) is 31.7 Å². The lowest BCUT2D eigenvalue weighted by molar-refractivity contribution is -0.115. The molecule has 1 aromatic rings. The largest absolute Gasteiger partial charge is 0.325 e. The van der Waals surface area contributed by atoms with Gasteiger partial charge >= 0.3 is 0 Å². The molecule has 1 amide bonds. The van der Waals surface area contributed by atoms with Gasteiger partial charge in [-0.15, -0.1) is 0 Å². The van der Waals surface area contributed by atoms with Gasteiger partial charge in [0.05, 0.1) is 6.42 Å². The van der Waals surface area contributed by atoms with Crippen molar-refractivity contribution in [3.05, 3.63) is 28.3 Å². The van der Waals surface area contributed by atoms with Gasteiger partial charge in [0.25, 0.3) is 0 Å². The van der Waals surface area contributed by atoms with E-state index in [0.717, 1.165) is 34.2 Å². The number of nitrogens with one attached hydrogen (secondary N) is 2. The summed E-state index contributed by atoms with van der Waals surface area (Å²) >= 11 is 6.34. The van der Waals surface area contributed by atoms with E-state index in [1.165, 1.54) is 12.8 Å². The summed E-state index contributed by atoms with van der Waals surface area (Å²) in [7, 11) is 1.97. The first-order chi connectivity index (χ1) is 8.67. The van der Waals surface area contributed by atoms with Gasteiger partial charge in [0.15, 0.2) is 0 Å². The van der Waals surface area contributed by atoms with Crippen molar-refractivity contribution in [2.24, 2.45) is 5.92 Å². The Morgan fingerprint density at radius 3 is 2.94 bits per heavy atom. The molecule has 0 radical (unpaired) electrons. The molecule has 1 aliphatic heterocycles. The lowest BCUT2D eigenvalue weighted by atomic mass is 9.98. The van der Waals surface area contributed by atoms with Gasteiger partial charge in [-0.2, -0.15) is 0 Å². The Labute approximate surface area is 112 Å². The third-order valence-electron chi connectivity index (χ3n) is 3.84. The van der Waals surface area contributed by atoms with Crippen LogP contribution in [0.3, 0.4) is 0 Å². The number of halogens is 1. The van der Waals surface area contributed by atoms with Gasteiger partial charge in [-0.25, -0.2) is 0 Å². The van der Waals surface area contributed by atoms with Gasteiger partial charge < -0.3 is 10.6 Å². The highest BCUT2D eigenvalue weighted by Gasteiger charge is 2.28. The predicted molar refractivity (Wildman–Crippen MR) is 72.9 cm³/mol. The number of carbonyl (C=O) groups excluding carboxylic acids is 1. The highest BCUT2D eigenvalue weighted by molar-refractivity contribution is 6.32. The predicted octanol–water partition coefficient (Wildman–Crippen LogP) is 2.90. The first kappa shape index (κ1) is 12.0. The van der Waals surface area contributed by atoms with Crippen molar-refractivity contribution in [2.75, 3.05) is 12.4 Å². The van der Waals surface area contributed by atoms with Crippen LogP contribution in [0.5, 0.6) is 0 Å². The van der Waals surface area contributed by atoms with Crippen LogP contribution in [-0.4, -0.2) is 13.0 Å².